The molecule has 0 aromatic carbocycles. The molecule has 6 heteroatoms. The summed E-state index contributed by atoms with van der Waals surface area (Å²) in [5.74, 6) is 0. The van der Waals surface area contributed by atoms with Crippen LogP contribution in [-0.2, 0) is 0 Å². The minimum atomic E-state index is 0.711. The van der Waals surface area contributed by atoms with Gasteiger partial charge >= 0.3 is 0 Å². The molecule has 2 nitrogen and oxygen atoms in total. The van der Waals surface area contributed by atoms with Gasteiger partial charge < -0.3 is 9.80 Å². The number of hydrogen-bond acceptors (Lipinski definition) is 2. The smallest absolute Gasteiger partial charge is 0.133 e. The summed E-state index contributed by atoms with van der Waals surface area (Å²) in [4.78, 5) is 4.27. The van der Waals surface area contributed by atoms with Gasteiger partial charge in [0.2, 0.25) is 0 Å². The van der Waals surface area contributed by atoms with Crippen LogP contribution in [0.25, 0.3) is 0 Å². The zero-order chi connectivity index (χ0) is 14.7. The van der Waals surface area contributed by atoms with Gasteiger partial charge in [0.15, 0.2) is 0 Å². The summed E-state index contributed by atoms with van der Waals surface area (Å²) in [6, 6.07) is 0. The van der Waals surface area contributed by atoms with E-state index in [1.54, 1.807) is 0 Å². The number of hydrogen-bond donors (Lipinski definition) is 2. The standard InChI is InChI=1S/C13H26N2S4/c1-3-14(12(16)17)10-8-6-5-7-9-11-15(4-2)13(18)19/h3-11H2,1-2H3,(H,16,17)(H,18,19). The molecule has 0 bridgehead atoms. The Bertz CT molecular complexity index is 245. The summed E-state index contributed by atoms with van der Waals surface area (Å²) >= 11 is 18.6. The van der Waals surface area contributed by atoms with Crippen LogP contribution in [0.1, 0.15) is 46.0 Å². The highest BCUT2D eigenvalue weighted by atomic mass is 32.1. The molecule has 112 valence electrons. The van der Waals surface area contributed by atoms with Crippen molar-refractivity contribution in [3.8, 4) is 0 Å². The fraction of sp³-hybridized carbons (Fsp3) is 0.846. The third kappa shape index (κ3) is 9.93. The van der Waals surface area contributed by atoms with E-state index in [1.165, 1.54) is 32.1 Å². The van der Waals surface area contributed by atoms with Crippen LogP contribution in [-0.4, -0.2) is 44.6 Å². The first-order valence-corrected chi connectivity index (χ1v) is 8.69. The Morgan fingerprint density at radius 1 is 0.737 bits per heavy atom. The molecule has 0 aliphatic heterocycles. The number of nitrogens with zero attached hydrogens (tertiary/aromatic N) is 2. The monoisotopic (exact) mass is 338 g/mol. The normalized spacial score (nSPS) is 10.3. The van der Waals surface area contributed by atoms with Crippen molar-refractivity contribution in [3.63, 3.8) is 0 Å². The quantitative estimate of drug-likeness (QED) is 0.353. The van der Waals surface area contributed by atoms with Crippen molar-refractivity contribution in [2.45, 2.75) is 46.0 Å². The minimum Gasteiger partial charge on any atom is -0.358 e. The van der Waals surface area contributed by atoms with Gasteiger partial charge in [0, 0.05) is 26.2 Å². The Balaban J connectivity index is 3.50. The largest absolute Gasteiger partial charge is 0.358 e. The highest BCUT2D eigenvalue weighted by Gasteiger charge is 2.04. The number of unbranched alkanes of at least 4 members (excludes halogenated alkanes) is 4. The Hall–Kier alpha value is 0.480. The molecule has 0 amide bonds. The predicted molar refractivity (Wildman–Crippen MR) is 101 cm³/mol. The lowest BCUT2D eigenvalue weighted by molar-refractivity contribution is 0.414. The maximum atomic E-state index is 5.07. The third-order valence-electron chi connectivity index (χ3n) is 3.16. The van der Waals surface area contributed by atoms with Crippen molar-refractivity contribution in [1.29, 1.82) is 0 Å². The number of thiol groups is 2. The van der Waals surface area contributed by atoms with Gasteiger partial charge in [0.1, 0.15) is 8.64 Å². The van der Waals surface area contributed by atoms with Gasteiger partial charge in [-0.2, -0.15) is 0 Å². The molecular formula is C13H26N2S4. The fourth-order valence-corrected chi connectivity index (χ4v) is 2.84. The third-order valence-corrected chi connectivity index (χ3v) is 4.24. The highest BCUT2D eigenvalue weighted by molar-refractivity contribution is 8.11. The zero-order valence-corrected chi connectivity index (χ0v) is 15.4. The topological polar surface area (TPSA) is 6.48 Å². The molecule has 0 saturated carbocycles. The summed E-state index contributed by atoms with van der Waals surface area (Å²) < 4.78 is 1.42. The van der Waals surface area contributed by atoms with Crippen LogP contribution in [0.15, 0.2) is 0 Å². The zero-order valence-electron chi connectivity index (χ0n) is 12.0. The van der Waals surface area contributed by atoms with Crippen LogP contribution in [0, 0.1) is 0 Å². The molecule has 0 rings (SSSR count). The average Bonchev–Trinajstić information content (AvgIpc) is 2.36. The van der Waals surface area contributed by atoms with Gasteiger partial charge in [-0.15, -0.1) is 25.3 Å². The summed E-state index contributed by atoms with van der Waals surface area (Å²) in [7, 11) is 0. The van der Waals surface area contributed by atoms with Crippen LogP contribution in [0.4, 0.5) is 0 Å². The van der Waals surface area contributed by atoms with Gasteiger partial charge in [-0.3, -0.25) is 0 Å². The first-order chi connectivity index (χ1) is 9.02. The van der Waals surface area contributed by atoms with E-state index in [0.717, 1.165) is 26.2 Å². The molecule has 0 fully saturated rings. The minimum absolute atomic E-state index is 0.711. The van der Waals surface area contributed by atoms with Crippen molar-refractivity contribution in [2.24, 2.45) is 0 Å². The number of rotatable bonds is 10. The summed E-state index contributed by atoms with van der Waals surface area (Å²) in [5, 5.41) is 0. The van der Waals surface area contributed by atoms with Crippen LogP contribution >= 0.6 is 49.7 Å². The lowest BCUT2D eigenvalue weighted by atomic mass is 10.1. The Kier molecular flexibility index (Phi) is 12.5. The number of thiocarbonyl (C=S) groups is 2. The van der Waals surface area contributed by atoms with Gasteiger partial charge in [-0.25, -0.2) is 0 Å². The molecule has 0 heterocycles. The van der Waals surface area contributed by atoms with E-state index >= 15 is 0 Å². The molecule has 0 radical (unpaired) electrons. The molecule has 0 aromatic heterocycles. The highest BCUT2D eigenvalue weighted by Crippen LogP contribution is 2.07. The van der Waals surface area contributed by atoms with Crippen LogP contribution in [0.3, 0.4) is 0 Å². The van der Waals surface area contributed by atoms with Crippen LogP contribution in [0.5, 0.6) is 0 Å². The predicted octanol–water partition coefficient (Wildman–Crippen LogP) is 4.01. The second kappa shape index (κ2) is 12.2. The summed E-state index contributed by atoms with van der Waals surface area (Å²) in [5.41, 5.74) is 0. The van der Waals surface area contributed by atoms with E-state index in [2.05, 4.69) is 48.9 Å². The first-order valence-electron chi connectivity index (χ1n) is 6.98. The van der Waals surface area contributed by atoms with Crippen LogP contribution in [0.2, 0.25) is 0 Å². The molecular weight excluding hydrogens is 312 g/mol. The second-order valence-corrected chi connectivity index (χ2v) is 6.72. The average molecular weight is 339 g/mol. The lowest BCUT2D eigenvalue weighted by Gasteiger charge is -2.21. The van der Waals surface area contributed by atoms with E-state index in [4.69, 9.17) is 24.4 Å². The van der Waals surface area contributed by atoms with Crippen molar-refractivity contribution in [1.82, 2.24) is 9.80 Å². The second-order valence-electron chi connectivity index (χ2n) is 4.49. The van der Waals surface area contributed by atoms with E-state index in [0.29, 0.717) is 8.64 Å². The molecule has 0 aliphatic rings. The molecule has 19 heavy (non-hydrogen) atoms. The SMILES string of the molecule is CCN(CCCCCCCN(CC)C(=S)S)C(=S)S. The van der Waals surface area contributed by atoms with Crippen molar-refractivity contribution in [3.05, 3.63) is 0 Å². The molecule has 0 N–H and O–H groups in total. The molecule has 0 atom stereocenters. The van der Waals surface area contributed by atoms with Gasteiger partial charge in [-0.1, -0.05) is 43.7 Å². The van der Waals surface area contributed by atoms with Crippen molar-refractivity contribution < 1.29 is 0 Å². The first kappa shape index (κ1) is 19.5. The van der Waals surface area contributed by atoms with Crippen LogP contribution < -0.4 is 0 Å². The van der Waals surface area contributed by atoms with E-state index in [-0.39, 0.29) is 0 Å². The van der Waals surface area contributed by atoms with Crippen molar-refractivity contribution >= 4 is 58.3 Å². The summed E-state index contributed by atoms with van der Waals surface area (Å²) in [6.07, 6.45) is 6.16. The van der Waals surface area contributed by atoms with Gasteiger partial charge in [-0.05, 0) is 26.7 Å². The molecule has 0 aliphatic carbocycles. The van der Waals surface area contributed by atoms with Gasteiger partial charge in [0.25, 0.3) is 0 Å². The maximum absolute atomic E-state index is 5.07. The molecule has 0 unspecified atom stereocenters. The maximum Gasteiger partial charge on any atom is 0.133 e. The van der Waals surface area contributed by atoms with E-state index in [9.17, 15) is 0 Å². The molecule has 0 spiro atoms. The van der Waals surface area contributed by atoms with E-state index in [1.807, 2.05) is 0 Å². The van der Waals surface area contributed by atoms with Crippen molar-refractivity contribution in [2.75, 3.05) is 26.2 Å². The van der Waals surface area contributed by atoms with E-state index < -0.39 is 0 Å². The Morgan fingerprint density at radius 3 is 1.32 bits per heavy atom. The molecule has 0 aromatic rings. The Morgan fingerprint density at radius 2 is 1.05 bits per heavy atom. The Labute approximate surface area is 140 Å². The van der Waals surface area contributed by atoms with Gasteiger partial charge in [0.05, 0.1) is 0 Å². The summed E-state index contributed by atoms with van der Waals surface area (Å²) in [6.45, 7) is 8.19. The fourth-order valence-electron chi connectivity index (χ4n) is 1.91. The lowest BCUT2D eigenvalue weighted by Crippen LogP contribution is -2.27. The molecule has 0 saturated heterocycles.